The third-order valence-corrected chi connectivity index (χ3v) is 3.48. The van der Waals surface area contributed by atoms with E-state index in [1.54, 1.807) is 0 Å². The standard InChI is InChI=1S/C9H12ClFN2O3S/c1-12-17(15,16)13-5-8(14)9-6(10)3-2-4-7(9)11/h2-4,8,12-14H,5H2,1H3. The lowest BCUT2D eigenvalue weighted by atomic mass is 10.1. The predicted octanol–water partition coefficient (Wildman–Crippen LogP) is 0.566. The quantitative estimate of drug-likeness (QED) is 0.739. The van der Waals surface area contributed by atoms with Gasteiger partial charge in [-0.15, -0.1) is 0 Å². The molecule has 1 aromatic carbocycles. The van der Waals surface area contributed by atoms with Crippen LogP contribution in [0.15, 0.2) is 18.2 Å². The minimum atomic E-state index is -3.67. The van der Waals surface area contributed by atoms with Crippen LogP contribution >= 0.6 is 11.6 Å². The molecule has 0 aliphatic heterocycles. The first kappa shape index (κ1) is 14.3. The Balaban J connectivity index is 2.81. The zero-order valence-electron chi connectivity index (χ0n) is 8.94. The van der Waals surface area contributed by atoms with Crippen molar-refractivity contribution >= 4 is 21.8 Å². The van der Waals surface area contributed by atoms with Crippen molar-refractivity contribution in [1.29, 1.82) is 0 Å². The fourth-order valence-corrected chi connectivity index (χ4v) is 2.00. The number of halogens is 2. The van der Waals surface area contributed by atoms with Crippen molar-refractivity contribution < 1.29 is 17.9 Å². The van der Waals surface area contributed by atoms with Crippen molar-refractivity contribution in [2.24, 2.45) is 0 Å². The molecule has 1 aromatic rings. The summed E-state index contributed by atoms with van der Waals surface area (Å²) in [5, 5.41) is 9.70. The van der Waals surface area contributed by atoms with Crippen LogP contribution in [-0.2, 0) is 10.2 Å². The van der Waals surface area contributed by atoms with Crippen LogP contribution in [0.3, 0.4) is 0 Å². The van der Waals surface area contributed by atoms with E-state index in [1.807, 2.05) is 9.44 Å². The molecular formula is C9H12ClFN2O3S. The highest BCUT2D eigenvalue weighted by atomic mass is 35.5. The largest absolute Gasteiger partial charge is 0.387 e. The van der Waals surface area contributed by atoms with Crippen LogP contribution in [-0.4, -0.2) is 27.1 Å². The average molecular weight is 283 g/mol. The van der Waals surface area contributed by atoms with Crippen LogP contribution in [0, 0.1) is 5.82 Å². The number of rotatable bonds is 5. The molecule has 0 fully saturated rings. The number of aliphatic hydroxyl groups excluding tert-OH is 1. The van der Waals surface area contributed by atoms with Crippen LogP contribution < -0.4 is 9.44 Å². The van der Waals surface area contributed by atoms with Gasteiger partial charge in [0.15, 0.2) is 0 Å². The topological polar surface area (TPSA) is 78.4 Å². The minimum absolute atomic E-state index is 0.0427. The maximum Gasteiger partial charge on any atom is 0.276 e. The molecule has 1 unspecified atom stereocenters. The Morgan fingerprint density at radius 1 is 1.53 bits per heavy atom. The van der Waals surface area contributed by atoms with Gasteiger partial charge in [0.05, 0.1) is 6.10 Å². The van der Waals surface area contributed by atoms with Gasteiger partial charge in [-0.1, -0.05) is 17.7 Å². The van der Waals surface area contributed by atoms with Crippen LogP contribution in [0.2, 0.25) is 5.02 Å². The molecular weight excluding hydrogens is 271 g/mol. The van der Waals surface area contributed by atoms with Crippen molar-refractivity contribution in [3.63, 3.8) is 0 Å². The number of hydrogen-bond donors (Lipinski definition) is 3. The van der Waals surface area contributed by atoms with E-state index in [-0.39, 0.29) is 17.1 Å². The highest BCUT2D eigenvalue weighted by Crippen LogP contribution is 2.25. The van der Waals surface area contributed by atoms with Gasteiger partial charge >= 0.3 is 0 Å². The van der Waals surface area contributed by atoms with E-state index in [1.165, 1.54) is 19.2 Å². The molecule has 0 spiro atoms. The smallest absolute Gasteiger partial charge is 0.276 e. The minimum Gasteiger partial charge on any atom is -0.387 e. The van der Waals surface area contributed by atoms with Gasteiger partial charge in [-0.05, 0) is 12.1 Å². The lowest BCUT2D eigenvalue weighted by Gasteiger charge is -2.14. The molecule has 0 saturated heterocycles. The van der Waals surface area contributed by atoms with Crippen LogP contribution in [0.5, 0.6) is 0 Å². The number of nitrogens with one attached hydrogen (secondary N) is 2. The molecule has 1 rings (SSSR count). The summed E-state index contributed by atoms with van der Waals surface area (Å²) in [4.78, 5) is 0. The molecule has 0 aliphatic rings. The predicted molar refractivity (Wildman–Crippen MR) is 62.4 cm³/mol. The lowest BCUT2D eigenvalue weighted by Crippen LogP contribution is -2.36. The van der Waals surface area contributed by atoms with Gasteiger partial charge in [-0.2, -0.15) is 13.1 Å². The summed E-state index contributed by atoms with van der Waals surface area (Å²) in [6, 6.07) is 3.94. The molecule has 0 radical (unpaired) electrons. The van der Waals surface area contributed by atoms with Crippen molar-refractivity contribution in [3.05, 3.63) is 34.6 Å². The maximum atomic E-state index is 13.4. The summed E-state index contributed by atoms with van der Waals surface area (Å²) in [7, 11) is -2.46. The molecule has 0 heterocycles. The van der Waals surface area contributed by atoms with Gasteiger partial charge in [0, 0.05) is 24.2 Å². The molecule has 8 heteroatoms. The Morgan fingerprint density at radius 3 is 2.71 bits per heavy atom. The van der Waals surface area contributed by atoms with Crippen LogP contribution in [0.4, 0.5) is 4.39 Å². The SMILES string of the molecule is CNS(=O)(=O)NCC(O)c1c(F)cccc1Cl. The first-order chi connectivity index (χ1) is 7.87. The Labute approximate surface area is 104 Å². The third kappa shape index (κ3) is 3.90. The molecule has 1 atom stereocenters. The van der Waals surface area contributed by atoms with E-state index in [0.717, 1.165) is 6.07 Å². The molecule has 0 amide bonds. The normalized spacial score (nSPS) is 13.6. The third-order valence-electron chi connectivity index (χ3n) is 2.07. The first-order valence-electron chi connectivity index (χ1n) is 4.67. The molecule has 0 saturated carbocycles. The summed E-state index contributed by atoms with van der Waals surface area (Å²) < 4.78 is 39.5. The summed E-state index contributed by atoms with van der Waals surface area (Å²) in [6.45, 7) is -0.371. The number of hydrogen-bond acceptors (Lipinski definition) is 3. The summed E-state index contributed by atoms with van der Waals surface area (Å²) >= 11 is 5.72. The van der Waals surface area contributed by atoms with Gasteiger partial charge in [-0.25, -0.2) is 9.11 Å². The molecule has 0 aliphatic carbocycles. The highest BCUT2D eigenvalue weighted by molar-refractivity contribution is 7.87. The van der Waals surface area contributed by atoms with E-state index in [9.17, 15) is 17.9 Å². The fraction of sp³-hybridized carbons (Fsp3) is 0.333. The molecule has 17 heavy (non-hydrogen) atoms. The first-order valence-corrected chi connectivity index (χ1v) is 6.53. The van der Waals surface area contributed by atoms with Gasteiger partial charge in [0.2, 0.25) is 0 Å². The Hall–Kier alpha value is -0.730. The Kier molecular flexibility index (Phi) is 4.84. The second kappa shape index (κ2) is 5.74. The van der Waals surface area contributed by atoms with Crippen molar-refractivity contribution in [2.45, 2.75) is 6.10 Å². The molecule has 96 valence electrons. The van der Waals surface area contributed by atoms with Crippen LogP contribution in [0.1, 0.15) is 11.7 Å². The fourth-order valence-electron chi connectivity index (χ4n) is 1.19. The van der Waals surface area contributed by atoms with Crippen molar-refractivity contribution in [3.8, 4) is 0 Å². The van der Waals surface area contributed by atoms with E-state index in [4.69, 9.17) is 11.6 Å². The number of aliphatic hydroxyl groups is 1. The van der Waals surface area contributed by atoms with Crippen LogP contribution in [0.25, 0.3) is 0 Å². The van der Waals surface area contributed by atoms with Gasteiger partial charge in [-0.3, -0.25) is 0 Å². The maximum absolute atomic E-state index is 13.4. The zero-order chi connectivity index (χ0) is 13.1. The van der Waals surface area contributed by atoms with Crippen molar-refractivity contribution in [2.75, 3.05) is 13.6 Å². The second-order valence-corrected chi connectivity index (χ2v) is 5.32. The van der Waals surface area contributed by atoms with E-state index >= 15 is 0 Å². The lowest BCUT2D eigenvalue weighted by molar-refractivity contribution is 0.177. The van der Waals surface area contributed by atoms with E-state index in [0.29, 0.717) is 0 Å². The van der Waals surface area contributed by atoms with Gasteiger partial charge in [0.1, 0.15) is 5.82 Å². The van der Waals surface area contributed by atoms with Gasteiger partial charge < -0.3 is 5.11 Å². The molecule has 0 bridgehead atoms. The summed E-state index contributed by atoms with van der Waals surface area (Å²) in [6.07, 6.45) is -1.35. The molecule has 0 aromatic heterocycles. The van der Waals surface area contributed by atoms with E-state index < -0.39 is 22.1 Å². The van der Waals surface area contributed by atoms with E-state index in [2.05, 4.69) is 0 Å². The average Bonchev–Trinajstić information content (AvgIpc) is 2.26. The summed E-state index contributed by atoms with van der Waals surface area (Å²) in [5.74, 6) is -0.686. The molecule has 5 nitrogen and oxygen atoms in total. The monoisotopic (exact) mass is 282 g/mol. The Morgan fingerprint density at radius 2 is 2.18 bits per heavy atom. The number of benzene rings is 1. The summed E-state index contributed by atoms with van der Waals surface area (Å²) in [5.41, 5.74) is -0.132. The highest BCUT2D eigenvalue weighted by Gasteiger charge is 2.18. The second-order valence-electron chi connectivity index (χ2n) is 3.21. The zero-order valence-corrected chi connectivity index (χ0v) is 10.5. The van der Waals surface area contributed by atoms with Crippen molar-refractivity contribution in [1.82, 2.24) is 9.44 Å². The van der Waals surface area contributed by atoms with Gasteiger partial charge in [0.25, 0.3) is 10.2 Å². The molecule has 3 N–H and O–H groups in total. The Bertz CT molecular complexity index is 475.